The van der Waals surface area contributed by atoms with E-state index in [1.54, 1.807) is 0 Å². The predicted molar refractivity (Wildman–Crippen MR) is 50.8 cm³/mol. The number of ketones is 1. The monoisotopic (exact) mass is 264 g/mol. The van der Waals surface area contributed by atoms with Crippen molar-refractivity contribution in [1.82, 2.24) is 0 Å². The molecule has 0 amide bonds. The molecule has 0 unspecified atom stereocenters. The number of halogens is 3. The third-order valence-electron chi connectivity index (χ3n) is 1.73. The molecule has 0 aliphatic heterocycles. The van der Waals surface area contributed by atoms with Crippen molar-refractivity contribution in [3.05, 3.63) is 27.7 Å². The average Bonchev–Trinajstić information content (AvgIpc) is 2.07. The highest BCUT2D eigenvalue weighted by Crippen LogP contribution is 2.33. The molecule has 14 heavy (non-hydrogen) atoms. The van der Waals surface area contributed by atoms with Crippen LogP contribution in [0.4, 0.5) is 8.78 Å². The lowest BCUT2D eigenvalue weighted by Crippen LogP contribution is -1.96. The van der Waals surface area contributed by atoms with Gasteiger partial charge in [-0.2, -0.15) is 0 Å². The van der Waals surface area contributed by atoms with Crippen LogP contribution >= 0.6 is 15.9 Å². The quantitative estimate of drug-likeness (QED) is 0.833. The molecule has 0 saturated heterocycles. The lowest BCUT2D eigenvalue weighted by atomic mass is 10.1. The smallest absolute Gasteiger partial charge is 0.265 e. The van der Waals surface area contributed by atoms with Crippen molar-refractivity contribution >= 4 is 21.7 Å². The maximum atomic E-state index is 12.3. The number of benzene rings is 1. The van der Waals surface area contributed by atoms with Crippen LogP contribution in [0.3, 0.4) is 0 Å². The van der Waals surface area contributed by atoms with E-state index in [1.165, 1.54) is 13.0 Å². The minimum Gasteiger partial charge on any atom is -0.507 e. The van der Waals surface area contributed by atoms with Gasteiger partial charge in [0.1, 0.15) is 5.75 Å². The zero-order chi connectivity index (χ0) is 10.9. The van der Waals surface area contributed by atoms with Crippen molar-refractivity contribution < 1.29 is 18.7 Å². The Morgan fingerprint density at radius 2 is 2.07 bits per heavy atom. The van der Waals surface area contributed by atoms with E-state index in [-0.39, 0.29) is 21.4 Å². The van der Waals surface area contributed by atoms with Gasteiger partial charge in [0.15, 0.2) is 5.78 Å². The summed E-state index contributed by atoms with van der Waals surface area (Å²) in [5, 5.41) is 9.26. The van der Waals surface area contributed by atoms with Crippen LogP contribution in [-0.2, 0) is 0 Å². The van der Waals surface area contributed by atoms with Crippen molar-refractivity contribution in [2.75, 3.05) is 0 Å². The van der Waals surface area contributed by atoms with Gasteiger partial charge in [-0.05, 0) is 19.1 Å². The summed E-state index contributed by atoms with van der Waals surface area (Å²) in [5.74, 6) is -0.792. The number of phenolic OH excluding ortho intramolecular Hbond substituents is 1. The summed E-state index contributed by atoms with van der Waals surface area (Å²) in [6.45, 7) is 1.25. The molecule has 0 saturated carbocycles. The van der Waals surface area contributed by atoms with E-state index >= 15 is 0 Å². The second-order valence-electron chi connectivity index (χ2n) is 2.75. The summed E-state index contributed by atoms with van der Waals surface area (Å²) in [6.07, 6.45) is -2.68. The standard InChI is InChI=1S/C9H7BrF2O2/c1-4(13)5-2-7(10)6(9(11)12)3-8(5)14/h2-3,9,14H,1H3. The molecule has 2 nitrogen and oxygen atoms in total. The first-order valence-corrected chi connectivity index (χ1v) is 4.54. The highest BCUT2D eigenvalue weighted by Gasteiger charge is 2.16. The molecule has 1 aromatic carbocycles. The van der Waals surface area contributed by atoms with Crippen molar-refractivity contribution in [2.24, 2.45) is 0 Å². The van der Waals surface area contributed by atoms with Crippen LogP contribution in [0.25, 0.3) is 0 Å². The number of rotatable bonds is 2. The summed E-state index contributed by atoms with van der Waals surface area (Å²) < 4.78 is 24.8. The molecule has 0 bridgehead atoms. The minimum atomic E-state index is -2.68. The van der Waals surface area contributed by atoms with Crippen LogP contribution in [0.15, 0.2) is 16.6 Å². The molecule has 76 valence electrons. The predicted octanol–water partition coefficient (Wildman–Crippen LogP) is 3.29. The molecule has 1 rings (SSSR count). The zero-order valence-corrected chi connectivity index (χ0v) is 8.81. The van der Waals surface area contributed by atoms with Crippen LogP contribution < -0.4 is 0 Å². The van der Waals surface area contributed by atoms with Crippen molar-refractivity contribution in [3.63, 3.8) is 0 Å². The first kappa shape index (κ1) is 11.1. The Balaban J connectivity index is 3.31. The van der Waals surface area contributed by atoms with Gasteiger partial charge in [0.05, 0.1) is 5.56 Å². The Bertz CT molecular complexity index is 377. The van der Waals surface area contributed by atoms with E-state index in [1.807, 2.05) is 0 Å². The molecule has 1 N–H and O–H groups in total. The van der Waals surface area contributed by atoms with E-state index in [0.29, 0.717) is 0 Å². The Hall–Kier alpha value is -0.970. The normalized spacial score (nSPS) is 10.6. The van der Waals surface area contributed by atoms with Crippen molar-refractivity contribution in [2.45, 2.75) is 13.3 Å². The molecular formula is C9H7BrF2O2. The topological polar surface area (TPSA) is 37.3 Å². The van der Waals surface area contributed by atoms with Gasteiger partial charge in [-0.15, -0.1) is 0 Å². The Labute approximate surface area is 87.7 Å². The van der Waals surface area contributed by atoms with Crippen LogP contribution in [0, 0.1) is 0 Å². The average molecular weight is 265 g/mol. The molecule has 1 aromatic rings. The molecule has 0 atom stereocenters. The number of carbonyl (C=O) groups excluding carboxylic acids is 1. The molecule has 5 heteroatoms. The van der Waals surface area contributed by atoms with Gasteiger partial charge in [0.25, 0.3) is 6.43 Å². The van der Waals surface area contributed by atoms with Gasteiger partial charge >= 0.3 is 0 Å². The number of phenols is 1. The fraction of sp³-hybridized carbons (Fsp3) is 0.222. The van der Waals surface area contributed by atoms with Crippen LogP contribution in [0.5, 0.6) is 5.75 Å². The largest absolute Gasteiger partial charge is 0.507 e. The number of Topliss-reactive ketones (excluding diaryl/α,β-unsaturated/α-hetero) is 1. The van der Waals surface area contributed by atoms with Gasteiger partial charge in [-0.25, -0.2) is 8.78 Å². The molecule has 0 aromatic heterocycles. The first-order chi connectivity index (χ1) is 6.43. The number of aromatic hydroxyl groups is 1. The SMILES string of the molecule is CC(=O)c1cc(Br)c(C(F)F)cc1O. The van der Waals surface area contributed by atoms with Crippen molar-refractivity contribution in [1.29, 1.82) is 0 Å². The highest BCUT2D eigenvalue weighted by molar-refractivity contribution is 9.10. The first-order valence-electron chi connectivity index (χ1n) is 3.75. The highest BCUT2D eigenvalue weighted by atomic mass is 79.9. The fourth-order valence-corrected chi connectivity index (χ4v) is 1.54. The Morgan fingerprint density at radius 1 is 1.50 bits per heavy atom. The Kier molecular flexibility index (Phi) is 3.21. The van der Waals surface area contributed by atoms with Crippen molar-refractivity contribution in [3.8, 4) is 5.75 Å². The summed E-state index contributed by atoms with van der Waals surface area (Å²) >= 11 is 2.91. The Morgan fingerprint density at radius 3 is 2.50 bits per heavy atom. The molecule has 0 aliphatic carbocycles. The summed E-state index contributed by atoms with van der Waals surface area (Å²) in [7, 11) is 0. The third kappa shape index (κ3) is 2.09. The van der Waals surface area contributed by atoms with E-state index in [9.17, 15) is 18.7 Å². The number of hydrogen-bond donors (Lipinski definition) is 1. The second kappa shape index (κ2) is 4.04. The van der Waals surface area contributed by atoms with E-state index in [2.05, 4.69) is 15.9 Å². The second-order valence-corrected chi connectivity index (χ2v) is 3.60. The van der Waals surface area contributed by atoms with Crippen LogP contribution in [-0.4, -0.2) is 10.9 Å². The maximum Gasteiger partial charge on any atom is 0.265 e. The lowest BCUT2D eigenvalue weighted by molar-refractivity contribution is 0.101. The van der Waals surface area contributed by atoms with Crippen LogP contribution in [0.1, 0.15) is 29.3 Å². The fourth-order valence-electron chi connectivity index (χ4n) is 1.03. The summed E-state index contributed by atoms with van der Waals surface area (Å²) in [4.78, 5) is 10.9. The maximum absolute atomic E-state index is 12.3. The molecule has 0 radical (unpaired) electrons. The molecule has 0 fully saturated rings. The third-order valence-corrected chi connectivity index (χ3v) is 2.42. The van der Waals surface area contributed by atoms with Gasteiger partial charge in [-0.3, -0.25) is 4.79 Å². The van der Waals surface area contributed by atoms with Gasteiger partial charge in [0, 0.05) is 10.0 Å². The van der Waals surface area contributed by atoms with Crippen LogP contribution in [0.2, 0.25) is 0 Å². The molecule has 0 heterocycles. The van der Waals surface area contributed by atoms with Gasteiger partial charge in [0.2, 0.25) is 0 Å². The summed E-state index contributed by atoms with van der Waals surface area (Å²) in [5.41, 5.74) is -0.297. The molecule has 0 aliphatic rings. The minimum absolute atomic E-state index is 0.0290. The van der Waals surface area contributed by atoms with Gasteiger partial charge in [-0.1, -0.05) is 15.9 Å². The molecule has 0 spiro atoms. The number of carbonyl (C=O) groups is 1. The van der Waals surface area contributed by atoms with E-state index in [4.69, 9.17) is 0 Å². The summed E-state index contributed by atoms with van der Waals surface area (Å²) in [6, 6.07) is 2.09. The number of alkyl halides is 2. The lowest BCUT2D eigenvalue weighted by Gasteiger charge is -2.07. The number of hydrogen-bond acceptors (Lipinski definition) is 2. The van der Waals surface area contributed by atoms with E-state index < -0.39 is 12.2 Å². The van der Waals surface area contributed by atoms with E-state index in [0.717, 1.165) is 6.07 Å². The van der Waals surface area contributed by atoms with Gasteiger partial charge < -0.3 is 5.11 Å². The molecular weight excluding hydrogens is 258 g/mol. The zero-order valence-electron chi connectivity index (χ0n) is 7.22.